The summed E-state index contributed by atoms with van der Waals surface area (Å²) in [4.78, 5) is 52.2. The first-order chi connectivity index (χ1) is 21.3. The van der Waals surface area contributed by atoms with E-state index in [1.807, 2.05) is 17.5 Å². The molecule has 0 radical (unpaired) electrons. The lowest BCUT2D eigenvalue weighted by atomic mass is 10.0. The average molecular weight is 614 g/mol. The third-order valence-corrected chi connectivity index (χ3v) is 8.33. The van der Waals surface area contributed by atoms with Gasteiger partial charge >= 0.3 is 0 Å². The summed E-state index contributed by atoms with van der Waals surface area (Å²) in [5.74, 6) is -1.17. The molecule has 1 aromatic carbocycles. The van der Waals surface area contributed by atoms with Gasteiger partial charge in [0, 0.05) is 40.8 Å². The molecule has 14 nitrogen and oxygen atoms in total. The van der Waals surface area contributed by atoms with Crippen LogP contribution in [0.4, 0.5) is 9.52 Å². The number of likely N-dealkylation sites (tertiary alicyclic amines) is 1. The number of anilines is 1. The van der Waals surface area contributed by atoms with Gasteiger partial charge in [0.25, 0.3) is 5.91 Å². The van der Waals surface area contributed by atoms with E-state index in [4.69, 9.17) is 5.73 Å². The van der Waals surface area contributed by atoms with Gasteiger partial charge in [-0.25, -0.2) is 14.4 Å². The molecule has 2 atom stereocenters. The summed E-state index contributed by atoms with van der Waals surface area (Å²) in [5, 5.41) is 17.3. The number of nitrogens with zero attached hydrogens (tertiary/aromatic N) is 8. The summed E-state index contributed by atoms with van der Waals surface area (Å²) in [6.07, 6.45) is 5.07. The number of imidazole rings is 2. The minimum Gasteiger partial charge on any atom is -0.364 e. The molecule has 1 fully saturated rings. The van der Waals surface area contributed by atoms with Crippen LogP contribution < -0.4 is 11.1 Å². The first kappa shape index (κ1) is 27.3. The van der Waals surface area contributed by atoms with E-state index in [1.54, 1.807) is 48.2 Å². The van der Waals surface area contributed by atoms with Gasteiger partial charge < -0.3 is 20.9 Å². The Morgan fingerprint density at radius 2 is 2.05 bits per heavy atom. The van der Waals surface area contributed by atoms with Crippen LogP contribution in [-0.4, -0.2) is 80.7 Å². The van der Waals surface area contributed by atoms with Crippen LogP contribution in [0.2, 0.25) is 0 Å². The van der Waals surface area contributed by atoms with Crippen molar-refractivity contribution in [2.24, 2.45) is 5.73 Å². The monoisotopic (exact) mass is 613 g/mol. The van der Waals surface area contributed by atoms with Crippen molar-refractivity contribution in [3.05, 3.63) is 65.8 Å². The van der Waals surface area contributed by atoms with Gasteiger partial charge in [0.15, 0.2) is 10.8 Å². The third kappa shape index (κ3) is 4.74. The Hall–Kier alpha value is -5.51. The lowest BCUT2D eigenvalue weighted by Gasteiger charge is -2.23. The van der Waals surface area contributed by atoms with Crippen molar-refractivity contribution in [2.75, 3.05) is 11.9 Å². The maximum atomic E-state index is 14.7. The molecular formula is C28H24FN11O3S. The molecular weight excluding hydrogens is 589 g/mol. The Morgan fingerprint density at radius 1 is 1.18 bits per heavy atom. The van der Waals surface area contributed by atoms with Gasteiger partial charge in [0.05, 0.1) is 30.1 Å². The molecule has 44 heavy (non-hydrogen) atoms. The highest BCUT2D eigenvalue weighted by molar-refractivity contribution is 7.14. The highest BCUT2D eigenvalue weighted by Gasteiger charge is 2.40. The number of halogens is 1. The number of aromatic amines is 1. The predicted octanol–water partition coefficient (Wildman–Crippen LogP) is 2.58. The molecule has 7 rings (SSSR count). The molecule has 16 heteroatoms. The van der Waals surface area contributed by atoms with E-state index >= 15 is 0 Å². The number of hydrogen-bond acceptors (Lipinski definition) is 9. The molecule has 6 aromatic rings. The van der Waals surface area contributed by atoms with Crippen LogP contribution in [0.3, 0.4) is 0 Å². The van der Waals surface area contributed by atoms with E-state index in [-0.39, 0.29) is 25.2 Å². The van der Waals surface area contributed by atoms with Gasteiger partial charge in [-0.15, -0.1) is 11.3 Å². The molecule has 222 valence electrons. The number of fused-ring (bicyclic) bond motifs is 2. The number of hydrogen-bond donors (Lipinski definition) is 3. The number of rotatable bonds is 7. The zero-order chi connectivity index (χ0) is 30.5. The van der Waals surface area contributed by atoms with Crippen molar-refractivity contribution in [3.8, 4) is 22.5 Å². The number of primary amides is 1. The predicted molar refractivity (Wildman–Crippen MR) is 158 cm³/mol. The molecule has 5 aromatic heterocycles. The summed E-state index contributed by atoms with van der Waals surface area (Å²) in [7, 11) is 0. The minimum atomic E-state index is -1.38. The van der Waals surface area contributed by atoms with E-state index in [2.05, 4.69) is 35.6 Å². The van der Waals surface area contributed by atoms with Gasteiger partial charge in [0.2, 0.25) is 17.6 Å². The van der Waals surface area contributed by atoms with Crippen LogP contribution in [0.25, 0.3) is 39.2 Å². The fraction of sp³-hybridized carbons (Fsp3) is 0.214. The number of nitrogens with two attached hydrogens (primary N) is 1. The van der Waals surface area contributed by atoms with Crippen molar-refractivity contribution >= 4 is 50.9 Å². The van der Waals surface area contributed by atoms with Gasteiger partial charge in [-0.2, -0.15) is 15.3 Å². The molecule has 0 aliphatic carbocycles. The molecule has 0 saturated carbocycles. The third-order valence-electron chi connectivity index (χ3n) is 7.57. The van der Waals surface area contributed by atoms with Crippen molar-refractivity contribution in [3.63, 3.8) is 0 Å². The van der Waals surface area contributed by atoms with E-state index in [9.17, 15) is 18.8 Å². The Balaban J connectivity index is 1.11. The van der Waals surface area contributed by atoms with Gasteiger partial charge in [-0.3, -0.25) is 23.5 Å². The molecule has 1 aliphatic heterocycles. The number of carbonyl (C=O) groups is 3. The Morgan fingerprint density at radius 3 is 2.84 bits per heavy atom. The molecule has 6 heterocycles. The summed E-state index contributed by atoms with van der Waals surface area (Å²) in [6.45, 7) is 1.32. The van der Waals surface area contributed by atoms with E-state index in [1.165, 1.54) is 20.9 Å². The Kier molecular flexibility index (Phi) is 6.61. The standard InChI is InChI=1S/C28H24FN11O3S/c1-14-24(38-7-6-31-27(38)34-14)19-13-44-28(35-19)36-26(43)21-9-17(29)11-39(21)22(41)12-40-20-3-2-15(16-4-5-32-33-10-16)8-18(20)23(37-40)25(30)42/h2-8,10,13,17,21H,9,11-12H2,1H3,(H2,30,42)(H,31,34)(H,35,36,43). The fourth-order valence-electron chi connectivity index (χ4n) is 5.58. The van der Waals surface area contributed by atoms with E-state index < -0.39 is 29.9 Å². The lowest BCUT2D eigenvalue weighted by Crippen LogP contribution is -2.44. The van der Waals surface area contributed by atoms with Crippen molar-refractivity contribution in [2.45, 2.75) is 32.1 Å². The molecule has 2 unspecified atom stereocenters. The second kappa shape index (κ2) is 10.6. The van der Waals surface area contributed by atoms with Crippen LogP contribution >= 0.6 is 11.3 Å². The number of aromatic nitrogens is 8. The van der Waals surface area contributed by atoms with Crippen LogP contribution in [0.1, 0.15) is 22.6 Å². The van der Waals surface area contributed by atoms with E-state index in [0.29, 0.717) is 27.5 Å². The molecule has 1 aliphatic rings. The number of amides is 3. The van der Waals surface area contributed by atoms with Crippen LogP contribution in [0.15, 0.2) is 54.4 Å². The van der Waals surface area contributed by atoms with Gasteiger partial charge in [-0.1, -0.05) is 6.07 Å². The second-order valence-corrected chi connectivity index (χ2v) is 11.2. The topological polar surface area (TPSA) is 182 Å². The number of benzene rings is 1. The second-order valence-electron chi connectivity index (χ2n) is 10.4. The molecule has 0 spiro atoms. The van der Waals surface area contributed by atoms with Crippen molar-refractivity contribution < 1.29 is 18.8 Å². The summed E-state index contributed by atoms with van der Waals surface area (Å²) >= 11 is 1.22. The normalized spacial score (nSPS) is 16.6. The Labute approximate surface area is 251 Å². The number of carbonyl (C=O) groups excluding carboxylic acids is 3. The Bertz CT molecular complexity index is 2060. The zero-order valence-electron chi connectivity index (χ0n) is 23.1. The lowest BCUT2D eigenvalue weighted by molar-refractivity contribution is -0.137. The molecule has 4 N–H and O–H groups in total. The highest BCUT2D eigenvalue weighted by Crippen LogP contribution is 2.30. The maximum Gasteiger partial charge on any atom is 0.269 e. The first-order valence-corrected chi connectivity index (χ1v) is 14.4. The number of H-pyrrole nitrogens is 1. The highest BCUT2D eigenvalue weighted by atomic mass is 32.1. The molecule has 0 bridgehead atoms. The SMILES string of the molecule is Cc1[nH]c2nccn2c1-c1csc(NC(=O)C2CC(F)CN2C(=O)Cn2nc(C(N)=O)c3cc(-c4ccnnc4)ccc32)n1. The molecule has 1 saturated heterocycles. The number of nitrogens with one attached hydrogen (secondary N) is 2. The minimum absolute atomic E-state index is 0.0130. The number of aryl methyl sites for hydroxylation is 1. The van der Waals surface area contributed by atoms with Crippen molar-refractivity contribution in [1.29, 1.82) is 0 Å². The van der Waals surface area contributed by atoms with Crippen LogP contribution in [-0.2, 0) is 16.1 Å². The summed E-state index contributed by atoms with van der Waals surface area (Å²) in [6, 6.07) is 5.96. The number of thiazole rings is 1. The summed E-state index contributed by atoms with van der Waals surface area (Å²) < 4.78 is 17.9. The summed E-state index contributed by atoms with van der Waals surface area (Å²) in [5.41, 5.74) is 9.90. The van der Waals surface area contributed by atoms with Crippen LogP contribution in [0, 0.1) is 6.92 Å². The fourth-order valence-corrected chi connectivity index (χ4v) is 6.28. The smallest absolute Gasteiger partial charge is 0.269 e. The average Bonchev–Trinajstić information content (AvgIpc) is 3.83. The van der Waals surface area contributed by atoms with E-state index in [0.717, 1.165) is 22.5 Å². The van der Waals surface area contributed by atoms with Gasteiger partial charge in [0.1, 0.15) is 24.5 Å². The van der Waals surface area contributed by atoms with Crippen molar-refractivity contribution in [1.82, 2.24) is 44.2 Å². The van der Waals surface area contributed by atoms with Gasteiger partial charge in [-0.05, 0) is 30.7 Å². The quantitative estimate of drug-likeness (QED) is 0.245. The molecule has 3 amide bonds. The first-order valence-electron chi connectivity index (χ1n) is 13.6. The maximum absolute atomic E-state index is 14.7. The van der Waals surface area contributed by atoms with Crippen LogP contribution in [0.5, 0.6) is 0 Å². The number of alkyl halides is 1. The zero-order valence-corrected chi connectivity index (χ0v) is 24.0. The largest absolute Gasteiger partial charge is 0.364 e.